The molecular formula is C20H21N3O2S. The Hall–Kier alpha value is -2.47. The molecule has 26 heavy (non-hydrogen) atoms. The van der Waals surface area contributed by atoms with Gasteiger partial charge in [-0.1, -0.05) is 12.1 Å². The Morgan fingerprint density at radius 1 is 1.12 bits per heavy atom. The van der Waals surface area contributed by atoms with Gasteiger partial charge in [-0.2, -0.15) is 0 Å². The van der Waals surface area contributed by atoms with Crippen LogP contribution in [-0.2, 0) is 16.0 Å². The van der Waals surface area contributed by atoms with Crippen LogP contribution < -0.4 is 15.1 Å². The Bertz CT molecular complexity index is 868. The minimum Gasteiger partial charge on any atom is -0.360 e. The third-order valence-corrected chi connectivity index (χ3v) is 5.84. The quantitative estimate of drug-likeness (QED) is 0.906. The Balaban J connectivity index is 1.44. The number of carbonyl (C=O) groups is 2. The molecule has 2 aliphatic heterocycles. The SMILES string of the molecule is CC(=O)N1CCc2cc(NC(=O)CN3CCSc4ccccc43)ccc21. The summed E-state index contributed by atoms with van der Waals surface area (Å²) in [6.07, 6.45) is 0.829. The van der Waals surface area contributed by atoms with E-state index in [1.807, 2.05) is 42.1 Å². The molecule has 0 aromatic heterocycles. The standard InChI is InChI=1S/C20H21N3O2S/c1-14(24)23-9-8-15-12-16(6-7-17(15)23)21-20(25)13-22-10-11-26-19-5-3-2-4-18(19)22/h2-7,12H,8-11,13H2,1H3,(H,21,25). The van der Waals surface area contributed by atoms with Crippen molar-refractivity contribution in [3.63, 3.8) is 0 Å². The van der Waals surface area contributed by atoms with E-state index in [9.17, 15) is 9.59 Å². The van der Waals surface area contributed by atoms with E-state index in [0.717, 1.165) is 41.3 Å². The van der Waals surface area contributed by atoms with Crippen LogP contribution in [0.1, 0.15) is 12.5 Å². The highest BCUT2D eigenvalue weighted by molar-refractivity contribution is 7.99. The fraction of sp³-hybridized carbons (Fsp3) is 0.300. The number of hydrogen-bond acceptors (Lipinski definition) is 4. The zero-order valence-electron chi connectivity index (χ0n) is 14.7. The molecule has 5 nitrogen and oxygen atoms in total. The molecule has 0 atom stereocenters. The monoisotopic (exact) mass is 367 g/mol. The smallest absolute Gasteiger partial charge is 0.243 e. The highest BCUT2D eigenvalue weighted by Gasteiger charge is 2.23. The van der Waals surface area contributed by atoms with Gasteiger partial charge in [0.15, 0.2) is 0 Å². The zero-order valence-corrected chi connectivity index (χ0v) is 15.5. The summed E-state index contributed by atoms with van der Waals surface area (Å²) >= 11 is 1.83. The highest BCUT2D eigenvalue weighted by atomic mass is 32.2. The first-order valence-corrected chi connectivity index (χ1v) is 9.78. The Morgan fingerprint density at radius 2 is 1.96 bits per heavy atom. The minimum atomic E-state index is -0.0203. The minimum absolute atomic E-state index is 0.0203. The van der Waals surface area contributed by atoms with Crippen molar-refractivity contribution in [2.45, 2.75) is 18.2 Å². The van der Waals surface area contributed by atoms with Gasteiger partial charge in [0.25, 0.3) is 0 Å². The third kappa shape index (κ3) is 3.29. The van der Waals surface area contributed by atoms with Crippen molar-refractivity contribution in [3.8, 4) is 0 Å². The first kappa shape index (κ1) is 17.0. The molecule has 2 aromatic rings. The number of hydrogen-bond donors (Lipinski definition) is 1. The number of rotatable bonds is 3. The Labute approximate surface area is 157 Å². The molecule has 0 radical (unpaired) electrons. The second-order valence-corrected chi connectivity index (χ2v) is 7.69. The van der Waals surface area contributed by atoms with Crippen LogP contribution in [0.25, 0.3) is 0 Å². The molecule has 0 unspecified atom stereocenters. The molecule has 1 N–H and O–H groups in total. The van der Waals surface area contributed by atoms with E-state index in [0.29, 0.717) is 13.1 Å². The molecular weight excluding hydrogens is 346 g/mol. The molecule has 134 valence electrons. The molecule has 0 fully saturated rings. The third-order valence-electron chi connectivity index (χ3n) is 4.80. The fourth-order valence-electron chi connectivity index (χ4n) is 3.57. The number of fused-ring (bicyclic) bond motifs is 2. The number of amides is 2. The lowest BCUT2D eigenvalue weighted by Gasteiger charge is -2.30. The largest absolute Gasteiger partial charge is 0.360 e. The van der Waals surface area contributed by atoms with Crippen LogP contribution in [0, 0.1) is 0 Å². The topological polar surface area (TPSA) is 52.7 Å². The molecule has 0 saturated heterocycles. The van der Waals surface area contributed by atoms with Crippen molar-refractivity contribution < 1.29 is 9.59 Å². The summed E-state index contributed by atoms with van der Waals surface area (Å²) in [6, 6.07) is 14.0. The van der Waals surface area contributed by atoms with Gasteiger partial charge >= 0.3 is 0 Å². The van der Waals surface area contributed by atoms with Crippen LogP contribution >= 0.6 is 11.8 Å². The number of carbonyl (C=O) groups excluding carboxylic acids is 2. The molecule has 0 aliphatic carbocycles. The average molecular weight is 367 g/mol. The summed E-state index contributed by atoms with van der Waals surface area (Å²) in [7, 11) is 0. The number of para-hydroxylation sites is 1. The maximum atomic E-state index is 12.5. The van der Waals surface area contributed by atoms with Gasteiger partial charge < -0.3 is 15.1 Å². The molecule has 6 heteroatoms. The van der Waals surface area contributed by atoms with Crippen molar-refractivity contribution in [2.75, 3.05) is 40.5 Å². The fourth-order valence-corrected chi connectivity index (χ4v) is 4.62. The van der Waals surface area contributed by atoms with E-state index < -0.39 is 0 Å². The summed E-state index contributed by atoms with van der Waals surface area (Å²) in [5.74, 6) is 1.03. The lowest BCUT2D eigenvalue weighted by Crippen LogP contribution is -2.36. The maximum Gasteiger partial charge on any atom is 0.243 e. The van der Waals surface area contributed by atoms with Gasteiger partial charge in [-0.3, -0.25) is 9.59 Å². The first-order valence-electron chi connectivity index (χ1n) is 8.79. The zero-order chi connectivity index (χ0) is 18.1. The van der Waals surface area contributed by atoms with Crippen LogP contribution in [-0.4, -0.2) is 37.2 Å². The van der Waals surface area contributed by atoms with Crippen LogP contribution in [0.4, 0.5) is 17.1 Å². The summed E-state index contributed by atoms with van der Waals surface area (Å²) in [5.41, 5.74) is 3.99. The van der Waals surface area contributed by atoms with Gasteiger partial charge in [-0.15, -0.1) is 11.8 Å². The second kappa shape index (κ2) is 7.03. The van der Waals surface area contributed by atoms with Gasteiger partial charge in [0.05, 0.1) is 12.2 Å². The molecule has 0 bridgehead atoms. The average Bonchev–Trinajstić information content (AvgIpc) is 3.05. The van der Waals surface area contributed by atoms with Crippen molar-refractivity contribution in [1.82, 2.24) is 0 Å². The van der Waals surface area contributed by atoms with E-state index in [2.05, 4.69) is 22.3 Å². The number of benzene rings is 2. The van der Waals surface area contributed by atoms with Gasteiger partial charge in [-0.25, -0.2) is 0 Å². The van der Waals surface area contributed by atoms with E-state index >= 15 is 0 Å². The van der Waals surface area contributed by atoms with E-state index in [1.165, 1.54) is 4.90 Å². The predicted molar refractivity (Wildman–Crippen MR) is 106 cm³/mol. The predicted octanol–water partition coefficient (Wildman–Crippen LogP) is 3.15. The Morgan fingerprint density at radius 3 is 2.81 bits per heavy atom. The summed E-state index contributed by atoms with van der Waals surface area (Å²) in [6.45, 7) is 3.50. The van der Waals surface area contributed by atoms with E-state index in [4.69, 9.17) is 0 Å². The molecule has 0 saturated carbocycles. The van der Waals surface area contributed by atoms with Crippen LogP contribution in [0.3, 0.4) is 0 Å². The second-order valence-electron chi connectivity index (χ2n) is 6.55. The number of nitrogens with zero attached hydrogens (tertiary/aromatic N) is 2. The lowest BCUT2D eigenvalue weighted by molar-refractivity contribution is -0.116. The number of thioether (sulfide) groups is 1. The molecule has 0 spiro atoms. The van der Waals surface area contributed by atoms with Crippen LogP contribution in [0.15, 0.2) is 47.4 Å². The van der Waals surface area contributed by atoms with Gasteiger partial charge in [0.2, 0.25) is 11.8 Å². The van der Waals surface area contributed by atoms with E-state index in [1.54, 1.807) is 11.8 Å². The Kier molecular flexibility index (Phi) is 4.59. The van der Waals surface area contributed by atoms with Crippen molar-refractivity contribution in [1.29, 1.82) is 0 Å². The van der Waals surface area contributed by atoms with Crippen molar-refractivity contribution in [2.24, 2.45) is 0 Å². The van der Waals surface area contributed by atoms with Crippen LogP contribution in [0.2, 0.25) is 0 Å². The molecule has 2 amide bonds. The van der Waals surface area contributed by atoms with Crippen LogP contribution in [0.5, 0.6) is 0 Å². The number of anilines is 3. The van der Waals surface area contributed by atoms with Crippen molar-refractivity contribution in [3.05, 3.63) is 48.0 Å². The number of nitrogens with one attached hydrogen (secondary N) is 1. The maximum absolute atomic E-state index is 12.5. The summed E-state index contributed by atoms with van der Waals surface area (Å²) in [5, 5.41) is 3.00. The van der Waals surface area contributed by atoms with Crippen molar-refractivity contribution >= 4 is 40.6 Å². The summed E-state index contributed by atoms with van der Waals surface area (Å²) in [4.78, 5) is 29.3. The summed E-state index contributed by atoms with van der Waals surface area (Å²) < 4.78 is 0. The molecule has 2 aliphatic rings. The first-order chi connectivity index (χ1) is 12.6. The molecule has 2 aromatic carbocycles. The van der Waals surface area contributed by atoms with E-state index in [-0.39, 0.29) is 11.8 Å². The highest BCUT2D eigenvalue weighted by Crippen LogP contribution is 2.34. The van der Waals surface area contributed by atoms with Gasteiger partial charge in [0, 0.05) is 42.0 Å². The van der Waals surface area contributed by atoms with Gasteiger partial charge in [-0.05, 0) is 42.3 Å². The normalized spacial score (nSPS) is 15.4. The molecule has 2 heterocycles. The van der Waals surface area contributed by atoms with Gasteiger partial charge in [0.1, 0.15) is 0 Å². The lowest BCUT2D eigenvalue weighted by atomic mass is 10.1. The molecule has 4 rings (SSSR count).